The number of hydrogen-bond donors (Lipinski definition) is 2. The largest absolute Gasteiger partial charge is 0.368 e. The fourth-order valence-electron chi connectivity index (χ4n) is 5.66. The third-order valence-electron chi connectivity index (χ3n) is 7.81. The van der Waals surface area contributed by atoms with Gasteiger partial charge in [-0.05, 0) is 59.5 Å². The zero-order valence-electron chi connectivity index (χ0n) is 23.7. The Kier molecular flexibility index (Phi) is 9.01. The second kappa shape index (κ2) is 13.0. The molecule has 43 heavy (non-hydrogen) atoms. The van der Waals surface area contributed by atoms with Crippen LogP contribution in [-0.2, 0) is 20.8 Å². The van der Waals surface area contributed by atoms with Crippen molar-refractivity contribution in [2.24, 2.45) is 5.73 Å². The SMILES string of the molecule is CC1CCN(C(Cc2cccc3ccccc23)C(N)=O)C(=O)C(c2cccc(Cl)c2)N1C(=O)CNC(=O)c1ccccn1. The summed E-state index contributed by atoms with van der Waals surface area (Å²) >= 11 is 6.33. The van der Waals surface area contributed by atoms with E-state index < -0.39 is 41.8 Å². The summed E-state index contributed by atoms with van der Waals surface area (Å²) in [6.07, 6.45) is 2.10. The van der Waals surface area contributed by atoms with Gasteiger partial charge in [0.05, 0.1) is 6.54 Å². The molecule has 220 valence electrons. The van der Waals surface area contributed by atoms with Crippen LogP contribution >= 0.6 is 11.6 Å². The van der Waals surface area contributed by atoms with E-state index in [9.17, 15) is 19.2 Å². The molecule has 1 aromatic heterocycles. The van der Waals surface area contributed by atoms with Gasteiger partial charge >= 0.3 is 0 Å². The molecule has 9 nitrogen and oxygen atoms in total. The molecule has 10 heteroatoms. The summed E-state index contributed by atoms with van der Waals surface area (Å²) in [5.41, 5.74) is 7.51. The number of fused-ring (bicyclic) bond motifs is 1. The minimum Gasteiger partial charge on any atom is -0.368 e. The number of primary amides is 1. The number of pyridine rings is 1. The zero-order chi connectivity index (χ0) is 30.5. The Bertz CT molecular complexity index is 1660. The molecule has 1 aliphatic rings. The van der Waals surface area contributed by atoms with Crippen LogP contribution in [0.15, 0.2) is 91.1 Å². The van der Waals surface area contributed by atoms with E-state index in [2.05, 4.69) is 10.3 Å². The van der Waals surface area contributed by atoms with E-state index in [-0.39, 0.29) is 25.2 Å². The van der Waals surface area contributed by atoms with Gasteiger partial charge in [0.2, 0.25) is 11.8 Å². The average Bonchev–Trinajstić information content (AvgIpc) is 3.14. The Morgan fingerprint density at radius 2 is 1.77 bits per heavy atom. The van der Waals surface area contributed by atoms with E-state index in [4.69, 9.17) is 17.3 Å². The van der Waals surface area contributed by atoms with Gasteiger partial charge in [-0.3, -0.25) is 24.2 Å². The smallest absolute Gasteiger partial charge is 0.270 e. The van der Waals surface area contributed by atoms with Gasteiger partial charge in [0.15, 0.2) is 0 Å². The molecule has 1 saturated heterocycles. The maximum absolute atomic E-state index is 14.5. The van der Waals surface area contributed by atoms with Gasteiger partial charge in [0.1, 0.15) is 17.8 Å². The first kappa shape index (κ1) is 29.7. The molecule has 4 amide bonds. The van der Waals surface area contributed by atoms with Crippen LogP contribution in [-0.4, -0.2) is 63.6 Å². The van der Waals surface area contributed by atoms with Gasteiger partial charge in [-0.1, -0.05) is 72.3 Å². The van der Waals surface area contributed by atoms with Crippen LogP contribution in [0.3, 0.4) is 0 Å². The van der Waals surface area contributed by atoms with Crippen molar-refractivity contribution in [2.45, 2.75) is 37.9 Å². The molecule has 1 aliphatic heterocycles. The summed E-state index contributed by atoms with van der Waals surface area (Å²) in [6.45, 7) is 1.70. The topological polar surface area (TPSA) is 126 Å². The van der Waals surface area contributed by atoms with Crippen LogP contribution in [0.5, 0.6) is 0 Å². The minimum atomic E-state index is -1.09. The third kappa shape index (κ3) is 6.52. The number of nitrogens with two attached hydrogens (primary N) is 1. The van der Waals surface area contributed by atoms with Gasteiger partial charge in [-0.25, -0.2) is 0 Å². The molecule has 3 N–H and O–H groups in total. The quantitative estimate of drug-likeness (QED) is 0.319. The summed E-state index contributed by atoms with van der Waals surface area (Å²) in [7, 11) is 0. The molecule has 0 radical (unpaired) electrons. The normalized spacial score (nSPS) is 17.8. The summed E-state index contributed by atoms with van der Waals surface area (Å²) < 4.78 is 0. The van der Waals surface area contributed by atoms with Crippen molar-refractivity contribution in [1.29, 1.82) is 0 Å². The maximum atomic E-state index is 14.5. The fourth-order valence-corrected chi connectivity index (χ4v) is 5.86. The summed E-state index contributed by atoms with van der Waals surface area (Å²) in [6, 6.07) is 22.9. The van der Waals surface area contributed by atoms with E-state index in [1.165, 1.54) is 16.0 Å². The Morgan fingerprint density at radius 1 is 1.02 bits per heavy atom. The molecular weight excluding hydrogens is 566 g/mol. The van der Waals surface area contributed by atoms with E-state index >= 15 is 0 Å². The maximum Gasteiger partial charge on any atom is 0.270 e. The lowest BCUT2D eigenvalue weighted by molar-refractivity contribution is -0.148. The van der Waals surface area contributed by atoms with Crippen LogP contribution in [0.25, 0.3) is 10.8 Å². The van der Waals surface area contributed by atoms with Gasteiger partial charge in [0.25, 0.3) is 11.8 Å². The number of rotatable bonds is 8. The average molecular weight is 598 g/mol. The standard InChI is InChI=1S/C33H32ClN5O4/c1-21-15-17-38(28(31(35)41)19-23-10-6-9-22-8-2-3-13-26(22)23)33(43)30(24-11-7-12-25(34)18-24)39(21)29(40)20-37-32(42)27-14-4-5-16-36-27/h2-14,16,18,21,28,30H,15,17,19-20H2,1H3,(H2,35,41)(H,37,42). The highest BCUT2D eigenvalue weighted by Gasteiger charge is 2.43. The minimum absolute atomic E-state index is 0.172. The van der Waals surface area contributed by atoms with E-state index in [0.717, 1.165) is 16.3 Å². The lowest BCUT2D eigenvalue weighted by atomic mass is 9.96. The predicted octanol–water partition coefficient (Wildman–Crippen LogP) is 3.91. The van der Waals surface area contributed by atoms with Crippen molar-refractivity contribution in [2.75, 3.05) is 13.1 Å². The molecule has 2 heterocycles. The van der Waals surface area contributed by atoms with Crippen molar-refractivity contribution >= 4 is 46.0 Å². The molecule has 3 atom stereocenters. The Balaban J connectivity index is 1.48. The van der Waals surface area contributed by atoms with E-state index in [0.29, 0.717) is 17.0 Å². The van der Waals surface area contributed by atoms with Crippen molar-refractivity contribution < 1.29 is 19.2 Å². The predicted molar refractivity (Wildman–Crippen MR) is 164 cm³/mol. The third-order valence-corrected chi connectivity index (χ3v) is 8.04. The Labute approximate surface area is 254 Å². The molecule has 5 rings (SSSR count). The van der Waals surface area contributed by atoms with Crippen molar-refractivity contribution in [3.8, 4) is 0 Å². The van der Waals surface area contributed by atoms with Crippen LogP contribution in [0.1, 0.15) is 41.0 Å². The van der Waals surface area contributed by atoms with Gasteiger partial charge in [-0.2, -0.15) is 0 Å². The molecule has 4 aromatic rings. The van der Waals surface area contributed by atoms with Gasteiger partial charge < -0.3 is 20.9 Å². The number of hydrogen-bond acceptors (Lipinski definition) is 5. The molecule has 3 unspecified atom stereocenters. The summed E-state index contributed by atoms with van der Waals surface area (Å²) in [4.78, 5) is 60.8. The number of carbonyl (C=O) groups is 4. The Morgan fingerprint density at radius 3 is 2.51 bits per heavy atom. The highest BCUT2D eigenvalue weighted by molar-refractivity contribution is 6.30. The summed E-state index contributed by atoms with van der Waals surface area (Å²) in [5, 5.41) is 5.00. The number of nitrogens with zero attached hydrogens (tertiary/aromatic N) is 3. The number of amides is 4. The number of benzene rings is 3. The van der Waals surface area contributed by atoms with E-state index in [1.807, 2.05) is 49.4 Å². The number of halogens is 1. The number of carbonyl (C=O) groups excluding carboxylic acids is 4. The zero-order valence-corrected chi connectivity index (χ0v) is 24.4. The van der Waals surface area contributed by atoms with Gasteiger partial charge in [0, 0.05) is 30.2 Å². The molecule has 0 aliphatic carbocycles. The van der Waals surface area contributed by atoms with E-state index in [1.54, 1.807) is 42.5 Å². The first-order valence-corrected chi connectivity index (χ1v) is 14.4. The molecule has 0 bridgehead atoms. The number of nitrogens with one attached hydrogen (secondary N) is 1. The fraction of sp³-hybridized carbons (Fsp3) is 0.242. The molecular formula is C33H32ClN5O4. The second-order valence-electron chi connectivity index (χ2n) is 10.6. The highest BCUT2D eigenvalue weighted by atomic mass is 35.5. The lowest BCUT2D eigenvalue weighted by Crippen LogP contribution is -2.53. The molecule has 0 spiro atoms. The first-order valence-electron chi connectivity index (χ1n) is 14.1. The molecule has 3 aromatic carbocycles. The van der Waals surface area contributed by atoms with Crippen LogP contribution in [0.2, 0.25) is 5.02 Å². The highest BCUT2D eigenvalue weighted by Crippen LogP contribution is 2.33. The Hall–Kier alpha value is -4.76. The van der Waals surface area contributed by atoms with Crippen LogP contribution < -0.4 is 11.1 Å². The lowest BCUT2D eigenvalue weighted by Gasteiger charge is -2.36. The molecule has 0 saturated carbocycles. The monoisotopic (exact) mass is 597 g/mol. The van der Waals surface area contributed by atoms with Crippen molar-refractivity contribution in [3.05, 3.63) is 113 Å². The van der Waals surface area contributed by atoms with Crippen LogP contribution in [0.4, 0.5) is 0 Å². The summed E-state index contributed by atoms with van der Waals surface area (Å²) in [5.74, 6) is -2.05. The van der Waals surface area contributed by atoms with Crippen LogP contribution in [0, 0.1) is 0 Å². The van der Waals surface area contributed by atoms with Gasteiger partial charge in [-0.15, -0.1) is 0 Å². The second-order valence-corrected chi connectivity index (χ2v) is 11.0. The first-order chi connectivity index (χ1) is 20.7. The molecule has 1 fully saturated rings. The van der Waals surface area contributed by atoms with Crippen molar-refractivity contribution in [3.63, 3.8) is 0 Å². The number of aromatic nitrogens is 1. The van der Waals surface area contributed by atoms with Crippen molar-refractivity contribution in [1.82, 2.24) is 20.1 Å².